The molecule has 1 aromatic carbocycles. The van der Waals surface area contributed by atoms with Gasteiger partial charge in [-0.15, -0.1) is 0 Å². The SMILES string of the molecule is C=C1c2cc(C=CCC)ccc2CNC(CCC)C1(C)N. The first kappa shape index (κ1) is 16.0. The summed E-state index contributed by atoms with van der Waals surface area (Å²) in [7, 11) is 0. The zero-order valence-corrected chi connectivity index (χ0v) is 13.6. The van der Waals surface area contributed by atoms with Crippen LogP contribution in [-0.4, -0.2) is 11.6 Å². The van der Waals surface area contributed by atoms with Gasteiger partial charge >= 0.3 is 0 Å². The predicted molar refractivity (Wildman–Crippen MR) is 92.9 cm³/mol. The zero-order chi connectivity index (χ0) is 15.5. The molecule has 1 aromatic rings. The van der Waals surface area contributed by atoms with Gasteiger partial charge in [0.05, 0.1) is 5.54 Å². The van der Waals surface area contributed by atoms with E-state index in [2.05, 4.69) is 63.0 Å². The zero-order valence-electron chi connectivity index (χ0n) is 13.6. The van der Waals surface area contributed by atoms with Gasteiger partial charge < -0.3 is 11.1 Å². The van der Waals surface area contributed by atoms with Crippen molar-refractivity contribution in [3.63, 3.8) is 0 Å². The largest absolute Gasteiger partial charge is 0.320 e. The fraction of sp³-hybridized carbons (Fsp3) is 0.474. The lowest BCUT2D eigenvalue weighted by Gasteiger charge is -2.34. The molecule has 2 heteroatoms. The first-order valence-electron chi connectivity index (χ1n) is 8.02. The maximum atomic E-state index is 6.64. The van der Waals surface area contributed by atoms with Crippen LogP contribution in [0.5, 0.6) is 0 Å². The molecule has 21 heavy (non-hydrogen) atoms. The lowest BCUT2D eigenvalue weighted by atomic mass is 9.80. The first-order chi connectivity index (χ1) is 10.0. The molecule has 0 bridgehead atoms. The lowest BCUT2D eigenvalue weighted by Crippen LogP contribution is -2.54. The van der Waals surface area contributed by atoms with Gasteiger partial charge in [0, 0.05) is 12.6 Å². The number of hydrogen-bond acceptors (Lipinski definition) is 2. The van der Waals surface area contributed by atoms with Crippen molar-refractivity contribution in [1.82, 2.24) is 5.32 Å². The molecular weight excluding hydrogens is 256 g/mol. The van der Waals surface area contributed by atoms with Crippen molar-refractivity contribution in [1.29, 1.82) is 0 Å². The van der Waals surface area contributed by atoms with Crippen molar-refractivity contribution < 1.29 is 0 Å². The molecule has 0 saturated heterocycles. The minimum Gasteiger partial charge on any atom is -0.320 e. The van der Waals surface area contributed by atoms with E-state index in [0.29, 0.717) is 0 Å². The molecule has 2 atom stereocenters. The fourth-order valence-corrected chi connectivity index (χ4v) is 3.02. The third-order valence-electron chi connectivity index (χ3n) is 4.50. The summed E-state index contributed by atoms with van der Waals surface area (Å²) in [6.45, 7) is 11.6. The topological polar surface area (TPSA) is 38.0 Å². The second-order valence-corrected chi connectivity index (χ2v) is 6.21. The molecule has 0 aliphatic carbocycles. The Balaban J connectivity index is 2.40. The van der Waals surface area contributed by atoms with Gasteiger partial charge in [-0.2, -0.15) is 0 Å². The molecule has 0 spiro atoms. The lowest BCUT2D eigenvalue weighted by molar-refractivity contribution is 0.367. The van der Waals surface area contributed by atoms with Gasteiger partial charge in [-0.3, -0.25) is 0 Å². The van der Waals surface area contributed by atoms with E-state index < -0.39 is 5.54 Å². The highest BCUT2D eigenvalue weighted by atomic mass is 15.0. The maximum absolute atomic E-state index is 6.64. The molecule has 0 saturated carbocycles. The van der Waals surface area contributed by atoms with Crippen LogP contribution in [0, 0.1) is 0 Å². The average Bonchev–Trinajstić information content (AvgIpc) is 2.56. The smallest absolute Gasteiger partial charge is 0.0536 e. The van der Waals surface area contributed by atoms with E-state index >= 15 is 0 Å². The van der Waals surface area contributed by atoms with Crippen LogP contribution in [0.2, 0.25) is 0 Å². The van der Waals surface area contributed by atoms with Crippen LogP contribution in [-0.2, 0) is 6.54 Å². The van der Waals surface area contributed by atoms with Crippen LogP contribution in [0.25, 0.3) is 11.6 Å². The molecule has 0 radical (unpaired) electrons. The van der Waals surface area contributed by atoms with Crippen LogP contribution in [0.3, 0.4) is 0 Å². The van der Waals surface area contributed by atoms with E-state index in [0.717, 1.165) is 31.4 Å². The number of rotatable bonds is 4. The molecule has 2 nitrogen and oxygen atoms in total. The molecule has 1 aliphatic rings. The number of nitrogens with one attached hydrogen (secondary N) is 1. The molecule has 114 valence electrons. The van der Waals surface area contributed by atoms with Gasteiger partial charge in [0.25, 0.3) is 0 Å². The minimum atomic E-state index is -0.408. The number of fused-ring (bicyclic) bond motifs is 1. The van der Waals surface area contributed by atoms with Crippen molar-refractivity contribution in [3.05, 3.63) is 47.5 Å². The molecular formula is C19H28N2. The summed E-state index contributed by atoms with van der Waals surface area (Å²) in [4.78, 5) is 0. The molecule has 2 rings (SSSR count). The third kappa shape index (κ3) is 3.28. The average molecular weight is 284 g/mol. The van der Waals surface area contributed by atoms with Gasteiger partial charge in [-0.05, 0) is 48.1 Å². The third-order valence-corrected chi connectivity index (χ3v) is 4.50. The second-order valence-electron chi connectivity index (χ2n) is 6.21. The Morgan fingerprint density at radius 3 is 2.86 bits per heavy atom. The van der Waals surface area contributed by atoms with E-state index in [1.54, 1.807) is 0 Å². The molecule has 2 unspecified atom stereocenters. The Labute approximate surface area is 129 Å². The number of hydrogen-bond donors (Lipinski definition) is 2. The summed E-state index contributed by atoms with van der Waals surface area (Å²) in [6, 6.07) is 6.88. The van der Waals surface area contributed by atoms with E-state index in [1.165, 1.54) is 16.7 Å². The number of benzene rings is 1. The normalized spacial score (nSPS) is 25.9. The predicted octanol–water partition coefficient (Wildman–Crippen LogP) is 4.11. The minimum absolute atomic E-state index is 0.275. The van der Waals surface area contributed by atoms with E-state index in [1.807, 2.05) is 0 Å². The second kappa shape index (κ2) is 6.59. The van der Waals surface area contributed by atoms with E-state index in [4.69, 9.17) is 5.73 Å². The summed E-state index contributed by atoms with van der Waals surface area (Å²) >= 11 is 0. The quantitative estimate of drug-likeness (QED) is 0.873. The maximum Gasteiger partial charge on any atom is 0.0536 e. The Morgan fingerprint density at radius 1 is 1.43 bits per heavy atom. The van der Waals surface area contributed by atoms with Gasteiger partial charge in [-0.1, -0.05) is 51.1 Å². The molecule has 1 aliphatic heterocycles. The van der Waals surface area contributed by atoms with Crippen molar-refractivity contribution >= 4 is 11.6 Å². The Bertz CT molecular complexity index is 540. The highest BCUT2D eigenvalue weighted by molar-refractivity contribution is 5.76. The van der Waals surface area contributed by atoms with Gasteiger partial charge in [-0.25, -0.2) is 0 Å². The van der Waals surface area contributed by atoms with Crippen LogP contribution < -0.4 is 11.1 Å². The Hall–Kier alpha value is -1.38. The van der Waals surface area contributed by atoms with Gasteiger partial charge in [0.2, 0.25) is 0 Å². The molecule has 0 fully saturated rings. The van der Waals surface area contributed by atoms with E-state index in [9.17, 15) is 0 Å². The van der Waals surface area contributed by atoms with Crippen molar-refractivity contribution in [2.75, 3.05) is 0 Å². The molecule has 1 heterocycles. The van der Waals surface area contributed by atoms with Crippen LogP contribution >= 0.6 is 0 Å². The Kier molecular flexibility index (Phi) is 5.02. The van der Waals surface area contributed by atoms with Crippen LogP contribution in [0.15, 0.2) is 30.9 Å². The fourth-order valence-electron chi connectivity index (χ4n) is 3.02. The summed E-state index contributed by atoms with van der Waals surface area (Å²) in [5.74, 6) is 0. The summed E-state index contributed by atoms with van der Waals surface area (Å²) in [5.41, 5.74) is 11.0. The summed E-state index contributed by atoms with van der Waals surface area (Å²) < 4.78 is 0. The van der Waals surface area contributed by atoms with Crippen molar-refractivity contribution in [3.8, 4) is 0 Å². The monoisotopic (exact) mass is 284 g/mol. The highest BCUT2D eigenvalue weighted by Crippen LogP contribution is 2.34. The molecule has 3 N–H and O–H groups in total. The first-order valence-corrected chi connectivity index (χ1v) is 8.02. The summed E-state index contributed by atoms with van der Waals surface area (Å²) in [6.07, 6.45) is 7.60. The number of allylic oxidation sites excluding steroid dienone is 1. The highest BCUT2D eigenvalue weighted by Gasteiger charge is 2.35. The van der Waals surface area contributed by atoms with Crippen LogP contribution in [0.1, 0.15) is 56.7 Å². The van der Waals surface area contributed by atoms with Crippen molar-refractivity contribution in [2.45, 2.75) is 58.2 Å². The van der Waals surface area contributed by atoms with E-state index in [-0.39, 0.29) is 6.04 Å². The van der Waals surface area contributed by atoms with Gasteiger partial charge in [0.15, 0.2) is 0 Å². The molecule has 0 aromatic heterocycles. The van der Waals surface area contributed by atoms with Crippen LogP contribution in [0.4, 0.5) is 0 Å². The molecule has 0 amide bonds. The summed E-state index contributed by atoms with van der Waals surface area (Å²) in [5, 5.41) is 3.62. The Morgan fingerprint density at radius 2 is 2.19 bits per heavy atom. The standard InChI is InChI=1S/C19H28N2/c1-5-7-9-15-10-11-16-13-21-18(8-6-2)19(4,20)14(3)17(16)12-15/h7,9-12,18,21H,3,5-6,8,13,20H2,1-2,4H3. The van der Waals surface area contributed by atoms with Crippen molar-refractivity contribution in [2.24, 2.45) is 5.73 Å². The number of nitrogens with two attached hydrogens (primary N) is 1. The van der Waals surface area contributed by atoms with Gasteiger partial charge in [0.1, 0.15) is 0 Å².